The zero-order valence-corrected chi connectivity index (χ0v) is 24.7. The molecule has 1 aliphatic rings. The van der Waals surface area contributed by atoms with Gasteiger partial charge in [-0.25, -0.2) is 4.79 Å². The van der Waals surface area contributed by atoms with Crippen molar-refractivity contribution in [3.63, 3.8) is 0 Å². The van der Waals surface area contributed by atoms with Crippen LogP contribution >= 0.6 is 11.6 Å². The van der Waals surface area contributed by atoms with Gasteiger partial charge >= 0.3 is 6.09 Å². The average Bonchev–Trinajstić information content (AvgIpc) is 3.57. The fourth-order valence-electron chi connectivity index (χ4n) is 4.51. The maximum atomic E-state index is 14.3. The lowest BCUT2D eigenvalue weighted by atomic mass is 9.99. The normalized spacial score (nSPS) is 17.8. The molecule has 4 amide bonds. The Labute approximate surface area is 240 Å². The van der Waals surface area contributed by atoms with E-state index in [1.54, 1.807) is 32.9 Å². The van der Waals surface area contributed by atoms with Gasteiger partial charge in [0.1, 0.15) is 17.7 Å². The topological polar surface area (TPSA) is 131 Å². The first kappa shape index (κ1) is 30.9. The molecule has 0 radical (unpaired) electrons. The SMILES string of the molecule is Cc1ccc(C(C(=O)Nc2c(C)cccc2Cl)N(C(=O)C(CCC(N)=O)NC(=O)OC(C)(C)C)C2CC2C)cc1. The molecule has 10 heteroatoms. The van der Waals surface area contributed by atoms with Crippen LogP contribution in [0.15, 0.2) is 42.5 Å². The molecule has 40 heavy (non-hydrogen) atoms. The molecular formula is C30H39ClN4O5. The molecule has 3 rings (SSSR count). The Morgan fingerprint density at radius 2 is 1.73 bits per heavy atom. The molecule has 0 heterocycles. The van der Waals surface area contributed by atoms with Crippen molar-refractivity contribution in [2.75, 3.05) is 5.32 Å². The molecule has 4 N–H and O–H groups in total. The second-order valence-electron chi connectivity index (χ2n) is 11.5. The number of primary amides is 1. The van der Waals surface area contributed by atoms with Crippen LogP contribution in [-0.2, 0) is 19.1 Å². The highest BCUT2D eigenvalue weighted by Crippen LogP contribution is 2.41. The molecule has 4 atom stereocenters. The van der Waals surface area contributed by atoms with E-state index in [1.807, 2.05) is 51.1 Å². The van der Waals surface area contributed by atoms with Crippen molar-refractivity contribution in [3.8, 4) is 0 Å². The molecule has 0 bridgehead atoms. The van der Waals surface area contributed by atoms with Crippen LogP contribution in [0.5, 0.6) is 0 Å². The quantitative estimate of drug-likeness (QED) is 0.368. The summed E-state index contributed by atoms with van der Waals surface area (Å²) in [5.74, 6) is -1.43. The van der Waals surface area contributed by atoms with Crippen LogP contribution in [0.1, 0.15) is 69.7 Å². The van der Waals surface area contributed by atoms with E-state index in [0.717, 1.165) is 11.1 Å². The van der Waals surface area contributed by atoms with Crippen molar-refractivity contribution in [2.45, 2.75) is 84.5 Å². The molecule has 1 saturated carbocycles. The molecule has 1 fully saturated rings. The average molecular weight is 571 g/mol. The maximum absolute atomic E-state index is 14.3. The number of nitrogens with two attached hydrogens (primary N) is 1. The van der Waals surface area contributed by atoms with Crippen molar-refractivity contribution in [1.29, 1.82) is 0 Å². The number of hydrogen-bond acceptors (Lipinski definition) is 5. The summed E-state index contributed by atoms with van der Waals surface area (Å²) in [6.07, 6.45) is -0.305. The number of nitrogens with one attached hydrogen (secondary N) is 2. The number of carbonyl (C=O) groups excluding carboxylic acids is 4. The number of rotatable bonds is 10. The van der Waals surface area contributed by atoms with E-state index in [4.69, 9.17) is 22.1 Å². The lowest BCUT2D eigenvalue weighted by molar-refractivity contribution is -0.142. The van der Waals surface area contributed by atoms with Crippen molar-refractivity contribution in [2.24, 2.45) is 11.7 Å². The van der Waals surface area contributed by atoms with Gasteiger partial charge in [0, 0.05) is 12.5 Å². The second-order valence-corrected chi connectivity index (χ2v) is 11.9. The fraction of sp³-hybridized carbons (Fsp3) is 0.467. The number of benzene rings is 2. The van der Waals surface area contributed by atoms with Crippen molar-refractivity contribution in [1.82, 2.24) is 10.2 Å². The number of hydrogen-bond donors (Lipinski definition) is 3. The van der Waals surface area contributed by atoms with Gasteiger partial charge in [0.2, 0.25) is 11.8 Å². The molecule has 9 nitrogen and oxygen atoms in total. The van der Waals surface area contributed by atoms with Crippen LogP contribution in [0.25, 0.3) is 0 Å². The van der Waals surface area contributed by atoms with Crippen molar-refractivity contribution >= 4 is 41.1 Å². The lowest BCUT2D eigenvalue weighted by Gasteiger charge is -2.35. The Morgan fingerprint density at radius 3 is 2.25 bits per heavy atom. The van der Waals surface area contributed by atoms with Gasteiger partial charge in [-0.15, -0.1) is 0 Å². The highest BCUT2D eigenvalue weighted by atomic mass is 35.5. The zero-order valence-electron chi connectivity index (χ0n) is 23.9. The number of aryl methyl sites for hydroxylation is 2. The summed E-state index contributed by atoms with van der Waals surface area (Å²) in [4.78, 5) is 54.2. The fourth-order valence-corrected chi connectivity index (χ4v) is 4.78. The van der Waals surface area contributed by atoms with Crippen LogP contribution in [0, 0.1) is 19.8 Å². The number of nitrogens with zero attached hydrogens (tertiary/aromatic N) is 1. The number of halogens is 1. The van der Waals surface area contributed by atoms with E-state index in [-0.39, 0.29) is 24.8 Å². The number of para-hydroxylation sites is 1. The monoisotopic (exact) mass is 570 g/mol. The van der Waals surface area contributed by atoms with Gasteiger partial charge in [-0.1, -0.05) is 60.5 Å². The first-order valence-corrected chi connectivity index (χ1v) is 13.8. The van der Waals surface area contributed by atoms with Crippen LogP contribution in [0.4, 0.5) is 10.5 Å². The van der Waals surface area contributed by atoms with Crippen molar-refractivity contribution < 1.29 is 23.9 Å². The highest BCUT2D eigenvalue weighted by Gasteiger charge is 2.48. The molecule has 0 aromatic heterocycles. The Kier molecular flexibility index (Phi) is 9.84. The third-order valence-corrected chi connectivity index (χ3v) is 7.05. The van der Waals surface area contributed by atoms with E-state index < -0.39 is 41.5 Å². The predicted octanol–water partition coefficient (Wildman–Crippen LogP) is 5.03. The largest absolute Gasteiger partial charge is 0.444 e. The third kappa shape index (κ3) is 8.21. The van der Waals surface area contributed by atoms with Crippen LogP contribution in [0.2, 0.25) is 5.02 Å². The number of anilines is 1. The van der Waals surface area contributed by atoms with Gasteiger partial charge in [-0.2, -0.15) is 0 Å². The Bertz CT molecular complexity index is 1240. The van der Waals surface area contributed by atoms with Gasteiger partial charge in [0.25, 0.3) is 5.91 Å². The summed E-state index contributed by atoms with van der Waals surface area (Å²) in [6.45, 7) is 10.9. The van der Waals surface area contributed by atoms with E-state index in [0.29, 0.717) is 22.7 Å². The van der Waals surface area contributed by atoms with Gasteiger partial charge in [0.05, 0.1) is 10.7 Å². The second kappa shape index (κ2) is 12.7. The summed E-state index contributed by atoms with van der Waals surface area (Å²) in [7, 11) is 0. The summed E-state index contributed by atoms with van der Waals surface area (Å²) in [5.41, 5.74) is 7.41. The highest BCUT2D eigenvalue weighted by molar-refractivity contribution is 6.34. The number of alkyl carbamates (subject to hydrolysis) is 1. The smallest absolute Gasteiger partial charge is 0.408 e. The number of carbonyl (C=O) groups is 4. The minimum Gasteiger partial charge on any atom is -0.444 e. The molecule has 0 saturated heterocycles. The van der Waals surface area contributed by atoms with E-state index in [9.17, 15) is 19.2 Å². The van der Waals surface area contributed by atoms with Crippen LogP contribution in [-0.4, -0.2) is 46.4 Å². The van der Waals surface area contributed by atoms with Gasteiger partial charge in [-0.05, 0) is 70.6 Å². The summed E-state index contributed by atoms with van der Waals surface area (Å²) < 4.78 is 5.38. The van der Waals surface area contributed by atoms with Gasteiger partial charge in [0.15, 0.2) is 0 Å². The molecule has 2 aromatic rings. The van der Waals surface area contributed by atoms with E-state index in [2.05, 4.69) is 10.6 Å². The number of ether oxygens (including phenoxy) is 1. The molecule has 216 valence electrons. The van der Waals surface area contributed by atoms with Gasteiger partial charge in [-0.3, -0.25) is 14.4 Å². The Morgan fingerprint density at radius 1 is 1.10 bits per heavy atom. The lowest BCUT2D eigenvalue weighted by Crippen LogP contribution is -2.53. The first-order chi connectivity index (χ1) is 18.7. The maximum Gasteiger partial charge on any atom is 0.408 e. The standard InChI is InChI=1S/C30H39ClN4O5/c1-17-10-12-20(13-11-17)26(27(37)34-25-18(2)8-7-9-21(25)31)35(23-16-19(23)3)28(38)22(14-15-24(32)36)33-29(39)40-30(4,5)6/h7-13,19,22-23,26H,14-16H2,1-6H3,(H2,32,36)(H,33,39)(H,34,37). The molecular weight excluding hydrogens is 532 g/mol. The molecule has 1 aliphatic carbocycles. The molecule has 0 aliphatic heterocycles. The number of amides is 4. The third-order valence-electron chi connectivity index (χ3n) is 6.74. The first-order valence-electron chi connectivity index (χ1n) is 13.4. The Balaban J connectivity index is 2.05. The minimum atomic E-state index is -1.14. The Hall–Kier alpha value is -3.59. The summed E-state index contributed by atoms with van der Waals surface area (Å²) in [6, 6.07) is 10.2. The van der Waals surface area contributed by atoms with Crippen molar-refractivity contribution in [3.05, 3.63) is 64.2 Å². The zero-order chi connectivity index (χ0) is 29.8. The molecule has 4 unspecified atom stereocenters. The van der Waals surface area contributed by atoms with E-state index >= 15 is 0 Å². The van der Waals surface area contributed by atoms with E-state index in [1.165, 1.54) is 4.90 Å². The molecule has 0 spiro atoms. The summed E-state index contributed by atoms with van der Waals surface area (Å²) in [5, 5.41) is 5.93. The van der Waals surface area contributed by atoms with Crippen LogP contribution < -0.4 is 16.4 Å². The summed E-state index contributed by atoms with van der Waals surface area (Å²) >= 11 is 6.42. The molecule has 2 aromatic carbocycles. The van der Waals surface area contributed by atoms with Crippen LogP contribution in [0.3, 0.4) is 0 Å². The van der Waals surface area contributed by atoms with Gasteiger partial charge < -0.3 is 26.0 Å². The predicted molar refractivity (Wildman–Crippen MR) is 155 cm³/mol. The minimum absolute atomic E-state index is 0.0448.